The normalized spacial score (nSPS) is 16.9. The van der Waals surface area contributed by atoms with Gasteiger partial charge in [0.1, 0.15) is 0 Å². The molecule has 0 aliphatic heterocycles. The fourth-order valence-corrected chi connectivity index (χ4v) is 4.34. The lowest BCUT2D eigenvalue weighted by Gasteiger charge is -2.31. The van der Waals surface area contributed by atoms with Crippen molar-refractivity contribution in [3.63, 3.8) is 0 Å². The molecular formula is C16H34S. The molecule has 2 atom stereocenters. The van der Waals surface area contributed by atoms with Crippen LogP contribution in [0.5, 0.6) is 0 Å². The maximum absolute atomic E-state index is 2.36. The Morgan fingerprint density at radius 3 is 1.18 bits per heavy atom. The third-order valence-electron chi connectivity index (χ3n) is 2.98. The summed E-state index contributed by atoms with van der Waals surface area (Å²) in [5, 5.41) is 1.67. The zero-order valence-electron chi connectivity index (χ0n) is 13.4. The lowest BCUT2D eigenvalue weighted by Crippen LogP contribution is -2.21. The standard InChI is InChI=1S/C16H34S/c1-9-13(11-15(3,4)5)17-14(10-2)12-16(6,7)8/h13-14H,9-12H2,1-8H3. The Hall–Kier alpha value is 0.350. The van der Waals surface area contributed by atoms with Gasteiger partial charge in [-0.1, -0.05) is 55.4 Å². The first-order valence-corrected chi connectivity index (χ1v) is 8.17. The molecule has 0 bridgehead atoms. The summed E-state index contributed by atoms with van der Waals surface area (Å²) >= 11 is 2.24. The van der Waals surface area contributed by atoms with E-state index in [4.69, 9.17) is 0 Å². The molecule has 0 saturated heterocycles. The highest BCUT2D eigenvalue weighted by Crippen LogP contribution is 2.37. The highest BCUT2D eigenvalue weighted by atomic mass is 32.2. The van der Waals surface area contributed by atoms with Crippen LogP contribution in [0.15, 0.2) is 0 Å². The highest BCUT2D eigenvalue weighted by molar-refractivity contribution is 8.00. The molecular weight excluding hydrogens is 224 g/mol. The summed E-state index contributed by atoms with van der Waals surface area (Å²) in [6.45, 7) is 18.9. The minimum absolute atomic E-state index is 0.466. The Labute approximate surface area is 114 Å². The van der Waals surface area contributed by atoms with Crippen molar-refractivity contribution in [3.8, 4) is 0 Å². The van der Waals surface area contributed by atoms with Crippen LogP contribution in [-0.4, -0.2) is 10.5 Å². The van der Waals surface area contributed by atoms with E-state index in [0.29, 0.717) is 10.8 Å². The van der Waals surface area contributed by atoms with E-state index >= 15 is 0 Å². The summed E-state index contributed by atoms with van der Waals surface area (Å²) in [7, 11) is 0. The van der Waals surface area contributed by atoms with Gasteiger partial charge in [-0.05, 0) is 36.5 Å². The summed E-state index contributed by atoms with van der Waals surface area (Å²) in [5.41, 5.74) is 0.932. The van der Waals surface area contributed by atoms with Crippen LogP contribution in [0.1, 0.15) is 81.1 Å². The second-order valence-electron chi connectivity index (χ2n) is 7.73. The largest absolute Gasteiger partial charge is 0.155 e. The zero-order valence-corrected chi connectivity index (χ0v) is 14.2. The summed E-state index contributed by atoms with van der Waals surface area (Å²) in [4.78, 5) is 0. The minimum atomic E-state index is 0.466. The Balaban J connectivity index is 4.32. The van der Waals surface area contributed by atoms with Crippen molar-refractivity contribution in [1.29, 1.82) is 0 Å². The molecule has 0 aromatic carbocycles. The van der Waals surface area contributed by atoms with Crippen molar-refractivity contribution in [3.05, 3.63) is 0 Å². The highest BCUT2D eigenvalue weighted by Gasteiger charge is 2.23. The molecule has 17 heavy (non-hydrogen) atoms. The predicted octanol–water partition coefficient (Wildman–Crippen LogP) is 6.15. The van der Waals surface area contributed by atoms with Crippen molar-refractivity contribution in [2.75, 3.05) is 0 Å². The van der Waals surface area contributed by atoms with Crippen molar-refractivity contribution >= 4 is 11.8 Å². The number of rotatable bonds is 6. The van der Waals surface area contributed by atoms with Crippen molar-refractivity contribution in [2.24, 2.45) is 10.8 Å². The second kappa shape index (κ2) is 7.07. The summed E-state index contributed by atoms with van der Waals surface area (Å²) < 4.78 is 0. The van der Waals surface area contributed by atoms with Crippen LogP contribution in [0.25, 0.3) is 0 Å². The second-order valence-corrected chi connectivity index (χ2v) is 9.33. The fourth-order valence-electron chi connectivity index (χ4n) is 2.22. The van der Waals surface area contributed by atoms with Crippen molar-refractivity contribution in [2.45, 2.75) is 91.6 Å². The molecule has 0 N–H and O–H groups in total. The molecule has 0 aromatic rings. The lowest BCUT2D eigenvalue weighted by atomic mass is 9.89. The van der Waals surface area contributed by atoms with Crippen LogP contribution in [0.2, 0.25) is 0 Å². The van der Waals surface area contributed by atoms with Gasteiger partial charge in [-0.2, -0.15) is 11.8 Å². The fraction of sp³-hybridized carbons (Fsp3) is 1.00. The molecule has 0 heterocycles. The van der Waals surface area contributed by atoms with E-state index in [-0.39, 0.29) is 0 Å². The van der Waals surface area contributed by atoms with Gasteiger partial charge in [0.2, 0.25) is 0 Å². The van der Waals surface area contributed by atoms with Crippen molar-refractivity contribution in [1.82, 2.24) is 0 Å². The number of thioether (sulfide) groups is 1. The number of hydrogen-bond acceptors (Lipinski definition) is 1. The monoisotopic (exact) mass is 258 g/mol. The van der Waals surface area contributed by atoms with Crippen LogP contribution in [0.4, 0.5) is 0 Å². The first-order chi connectivity index (χ1) is 7.57. The maximum atomic E-state index is 2.36. The quantitative estimate of drug-likeness (QED) is 0.550. The average molecular weight is 259 g/mol. The van der Waals surface area contributed by atoms with Gasteiger partial charge in [-0.3, -0.25) is 0 Å². The van der Waals surface area contributed by atoms with Crippen LogP contribution in [0.3, 0.4) is 0 Å². The van der Waals surface area contributed by atoms with Gasteiger partial charge >= 0.3 is 0 Å². The van der Waals surface area contributed by atoms with Gasteiger partial charge in [0.15, 0.2) is 0 Å². The van der Waals surface area contributed by atoms with Crippen molar-refractivity contribution < 1.29 is 0 Å². The summed E-state index contributed by atoms with van der Waals surface area (Å²) in [5.74, 6) is 0. The summed E-state index contributed by atoms with van der Waals surface area (Å²) in [6.07, 6.45) is 5.30. The molecule has 2 unspecified atom stereocenters. The zero-order chi connectivity index (χ0) is 13.7. The van der Waals surface area contributed by atoms with Gasteiger partial charge in [0, 0.05) is 10.5 Å². The van der Waals surface area contributed by atoms with E-state index in [2.05, 4.69) is 67.2 Å². The van der Waals surface area contributed by atoms with Crippen LogP contribution in [0, 0.1) is 10.8 Å². The molecule has 0 aromatic heterocycles. The van der Waals surface area contributed by atoms with E-state index in [0.717, 1.165) is 10.5 Å². The lowest BCUT2D eigenvalue weighted by molar-refractivity contribution is 0.360. The van der Waals surface area contributed by atoms with E-state index in [1.54, 1.807) is 0 Å². The van der Waals surface area contributed by atoms with E-state index < -0.39 is 0 Å². The Morgan fingerprint density at radius 1 is 0.706 bits per heavy atom. The van der Waals surface area contributed by atoms with Crippen LogP contribution >= 0.6 is 11.8 Å². The SMILES string of the molecule is CCC(CC(C)(C)C)SC(CC)CC(C)(C)C. The van der Waals surface area contributed by atoms with Gasteiger partial charge in [0.05, 0.1) is 0 Å². The molecule has 0 radical (unpaired) electrons. The average Bonchev–Trinajstić information content (AvgIpc) is 2.11. The topological polar surface area (TPSA) is 0 Å². The first kappa shape index (κ1) is 17.4. The Morgan fingerprint density at radius 2 is 1.00 bits per heavy atom. The molecule has 0 fully saturated rings. The third kappa shape index (κ3) is 10.00. The van der Waals surface area contributed by atoms with Gasteiger partial charge in [-0.25, -0.2) is 0 Å². The van der Waals surface area contributed by atoms with E-state index in [9.17, 15) is 0 Å². The van der Waals surface area contributed by atoms with Gasteiger partial charge < -0.3 is 0 Å². The minimum Gasteiger partial charge on any atom is -0.155 e. The molecule has 0 spiro atoms. The predicted molar refractivity (Wildman–Crippen MR) is 83.9 cm³/mol. The van der Waals surface area contributed by atoms with E-state index in [1.165, 1.54) is 25.7 Å². The maximum Gasteiger partial charge on any atom is 0.00521 e. The molecule has 0 nitrogen and oxygen atoms in total. The molecule has 104 valence electrons. The molecule has 0 amide bonds. The van der Waals surface area contributed by atoms with Crippen LogP contribution in [-0.2, 0) is 0 Å². The third-order valence-corrected chi connectivity index (χ3v) is 4.75. The summed E-state index contributed by atoms with van der Waals surface area (Å²) in [6, 6.07) is 0. The van der Waals surface area contributed by atoms with Crippen LogP contribution < -0.4 is 0 Å². The van der Waals surface area contributed by atoms with E-state index in [1.807, 2.05) is 0 Å². The molecule has 0 saturated carbocycles. The Kier molecular flexibility index (Phi) is 7.21. The van der Waals surface area contributed by atoms with Gasteiger partial charge in [-0.15, -0.1) is 0 Å². The smallest absolute Gasteiger partial charge is 0.00521 e. The first-order valence-electron chi connectivity index (χ1n) is 7.23. The molecule has 0 aliphatic carbocycles. The Bertz CT molecular complexity index is 173. The molecule has 1 heteroatoms. The van der Waals surface area contributed by atoms with Gasteiger partial charge in [0.25, 0.3) is 0 Å². The number of hydrogen-bond donors (Lipinski definition) is 0. The molecule has 0 rings (SSSR count). The molecule has 0 aliphatic rings.